The van der Waals surface area contributed by atoms with Crippen molar-refractivity contribution < 1.29 is 17.6 Å². The second-order valence-electron chi connectivity index (χ2n) is 3.80. The van der Waals surface area contributed by atoms with Gasteiger partial charge in [0.15, 0.2) is 9.84 Å². The second-order valence-corrected chi connectivity index (χ2v) is 6.07. The third-order valence-electron chi connectivity index (χ3n) is 2.41. The molecule has 18 heavy (non-hydrogen) atoms. The maximum absolute atomic E-state index is 13.1. The minimum atomic E-state index is -3.94. The number of anilines is 1. The molecule has 3 N–H and O–H groups in total. The van der Waals surface area contributed by atoms with Crippen LogP contribution in [0.15, 0.2) is 23.1 Å². The van der Waals surface area contributed by atoms with Crippen LogP contribution in [0, 0.1) is 5.82 Å². The van der Waals surface area contributed by atoms with Gasteiger partial charge in [0.1, 0.15) is 11.1 Å². The van der Waals surface area contributed by atoms with Crippen molar-refractivity contribution in [2.24, 2.45) is 0 Å². The number of benzene rings is 1. The first-order chi connectivity index (χ1) is 8.28. The number of carbonyl (C=O) groups excluding carboxylic acids is 1. The summed E-state index contributed by atoms with van der Waals surface area (Å²) in [5.74, 6) is -1.38. The molecule has 1 rings (SSSR count). The first-order valence-corrected chi connectivity index (χ1v) is 6.91. The summed E-state index contributed by atoms with van der Waals surface area (Å²) in [6.07, 6.45) is 0. The molecule has 0 aliphatic carbocycles. The van der Waals surface area contributed by atoms with Gasteiger partial charge in [-0.2, -0.15) is 0 Å². The van der Waals surface area contributed by atoms with Crippen LogP contribution in [0.2, 0.25) is 0 Å². The van der Waals surface area contributed by atoms with Gasteiger partial charge in [0, 0.05) is 12.2 Å². The summed E-state index contributed by atoms with van der Waals surface area (Å²) in [6.45, 7) is 3.25. The molecule has 0 aliphatic rings. The Hall–Kier alpha value is -1.63. The summed E-state index contributed by atoms with van der Waals surface area (Å²) < 4.78 is 37.3. The third-order valence-corrected chi connectivity index (χ3v) is 4.45. The van der Waals surface area contributed by atoms with Crippen molar-refractivity contribution in [1.29, 1.82) is 0 Å². The standard InChI is InChI=1S/C11H15FN2O3S/c1-3-14-11(15)7(2)18(16,17)10-5-8(12)4-9(13)6-10/h4-7H,3,13H2,1-2H3,(H,14,15). The number of hydrogen-bond donors (Lipinski definition) is 2. The Morgan fingerprint density at radius 1 is 1.44 bits per heavy atom. The van der Waals surface area contributed by atoms with E-state index in [-0.39, 0.29) is 10.6 Å². The van der Waals surface area contributed by atoms with Crippen molar-refractivity contribution in [2.75, 3.05) is 12.3 Å². The number of sulfone groups is 1. The van der Waals surface area contributed by atoms with Crippen molar-refractivity contribution in [3.8, 4) is 0 Å². The summed E-state index contributed by atoms with van der Waals surface area (Å²) in [7, 11) is -3.94. The number of rotatable bonds is 4. The summed E-state index contributed by atoms with van der Waals surface area (Å²) >= 11 is 0. The highest BCUT2D eigenvalue weighted by Gasteiger charge is 2.29. The molecule has 100 valence electrons. The predicted molar refractivity (Wildman–Crippen MR) is 66.1 cm³/mol. The highest BCUT2D eigenvalue weighted by Crippen LogP contribution is 2.20. The zero-order valence-electron chi connectivity index (χ0n) is 10.1. The monoisotopic (exact) mass is 274 g/mol. The van der Waals surface area contributed by atoms with Gasteiger partial charge in [0.05, 0.1) is 4.90 Å². The number of hydrogen-bond acceptors (Lipinski definition) is 4. The lowest BCUT2D eigenvalue weighted by atomic mass is 10.3. The quantitative estimate of drug-likeness (QED) is 0.791. The molecule has 1 aromatic rings. The minimum Gasteiger partial charge on any atom is -0.399 e. The van der Waals surface area contributed by atoms with Crippen LogP contribution in [-0.4, -0.2) is 26.1 Å². The van der Waals surface area contributed by atoms with Gasteiger partial charge in [-0.25, -0.2) is 12.8 Å². The molecule has 0 saturated heterocycles. The largest absolute Gasteiger partial charge is 0.399 e. The second kappa shape index (κ2) is 5.34. The van der Waals surface area contributed by atoms with E-state index in [2.05, 4.69) is 5.32 Å². The van der Waals surface area contributed by atoms with Gasteiger partial charge in [-0.3, -0.25) is 4.79 Å². The zero-order chi connectivity index (χ0) is 13.9. The molecule has 0 bridgehead atoms. The number of amides is 1. The highest BCUT2D eigenvalue weighted by molar-refractivity contribution is 7.92. The van der Waals surface area contributed by atoms with Crippen LogP contribution in [-0.2, 0) is 14.6 Å². The molecule has 0 aliphatic heterocycles. The maximum atomic E-state index is 13.1. The van der Waals surface area contributed by atoms with Crippen molar-refractivity contribution in [3.63, 3.8) is 0 Å². The first kappa shape index (κ1) is 14.4. The summed E-state index contributed by atoms with van der Waals surface area (Å²) in [5, 5.41) is 1.11. The third kappa shape index (κ3) is 2.98. The van der Waals surface area contributed by atoms with E-state index in [1.807, 2.05) is 0 Å². The average molecular weight is 274 g/mol. The fourth-order valence-corrected chi connectivity index (χ4v) is 2.76. The maximum Gasteiger partial charge on any atom is 0.238 e. The molecule has 5 nitrogen and oxygen atoms in total. The SMILES string of the molecule is CCNC(=O)C(C)S(=O)(=O)c1cc(N)cc(F)c1. The Morgan fingerprint density at radius 3 is 2.56 bits per heavy atom. The van der Waals surface area contributed by atoms with Crippen LogP contribution in [0.5, 0.6) is 0 Å². The highest BCUT2D eigenvalue weighted by atomic mass is 32.2. The van der Waals surface area contributed by atoms with E-state index in [1.165, 1.54) is 6.92 Å². The molecule has 0 saturated carbocycles. The predicted octanol–water partition coefficient (Wildman–Crippen LogP) is 0.706. The fourth-order valence-electron chi connectivity index (χ4n) is 1.41. The Kier molecular flexibility index (Phi) is 4.28. The number of nitrogen functional groups attached to an aromatic ring is 1. The van der Waals surface area contributed by atoms with E-state index >= 15 is 0 Å². The Morgan fingerprint density at radius 2 is 2.06 bits per heavy atom. The first-order valence-electron chi connectivity index (χ1n) is 5.36. The fraction of sp³-hybridized carbons (Fsp3) is 0.364. The molecule has 1 atom stereocenters. The topological polar surface area (TPSA) is 89.3 Å². The van der Waals surface area contributed by atoms with Gasteiger partial charge in [-0.1, -0.05) is 0 Å². The number of nitrogens with two attached hydrogens (primary N) is 1. The molecule has 0 radical (unpaired) electrons. The van der Waals surface area contributed by atoms with Crippen LogP contribution < -0.4 is 11.1 Å². The van der Waals surface area contributed by atoms with Crippen molar-refractivity contribution >= 4 is 21.4 Å². The molecule has 0 fully saturated rings. The summed E-state index contributed by atoms with van der Waals surface area (Å²) in [5.41, 5.74) is 5.38. The van der Waals surface area contributed by atoms with Crippen LogP contribution in [0.1, 0.15) is 13.8 Å². The zero-order valence-corrected chi connectivity index (χ0v) is 10.9. The van der Waals surface area contributed by atoms with E-state index in [0.717, 1.165) is 18.2 Å². The molecule has 1 amide bonds. The lowest BCUT2D eigenvalue weighted by Gasteiger charge is -2.13. The van der Waals surface area contributed by atoms with Gasteiger partial charge in [-0.05, 0) is 32.0 Å². The van der Waals surface area contributed by atoms with E-state index < -0.39 is 26.8 Å². The van der Waals surface area contributed by atoms with Gasteiger partial charge in [-0.15, -0.1) is 0 Å². The number of halogens is 1. The summed E-state index contributed by atoms with van der Waals surface area (Å²) in [4.78, 5) is 11.2. The van der Waals surface area contributed by atoms with E-state index in [0.29, 0.717) is 6.54 Å². The van der Waals surface area contributed by atoms with Crippen molar-refractivity contribution in [3.05, 3.63) is 24.0 Å². The molecule has 0 heterocycles. The van der Waals surface area contributed by atoms with Crippen molar-refractivity contribution in [1.82, 2.24) is 5.32 Å². The average Bonchev–Trinajstić information content (AvgIpc) is 2.27. The normalized spacial score (nSPS) is 13.1. The van der Waals surface area contributed by atoms with E-state index in [1.54, 1.807) is 6.92 Å². The van der Waals surface area contributed by atoms with Crippen LogP contribution >= 0.6 is 0 Å². The van der Waals surface area contributed by atoms with Crippen LogP contribution in [0.4, 0.5) is 10.1 Å². The molecule has 0 aromatic heterocycles. The number of nitrogens with one attached hydrogen (secondary N) is 1. The van der Waals surface area contributed by atoms with Gasteiger partial charge in [0.25, 0.3) is 0 Å². The molecule has 7 heteroatoms. The molecule has 0 spiro atoms. The van der Waals surface area contributed by atoms with E-state index in [4.69, 9.17) is 5.73 Å². The summed E-state index contributed by atoms with van der Waals surface area (Å²) in [6, 6.07) is 2.99. The lowest BCUT2D eigenvalue weighted by molar-refractivity contribution is -0.120. The smallest absolute Gasteiger partial charge is 0.238 e. The number of carbonyl (C=O) groups is 1. The molecule has 1 aromatic carbocycles. The van der Waals surface area contributed by atoms with Gasteiger partial charge < -0.3 is 11.1 Å². The van der Waals surface area contributed by atoms with Crippen LogP contribution in [0.25, 0.3) is 0 Å². The lowest BCUT2D eigenvalue weighted by Crippen LogP contribution is -2.37. The van der Waals surface area contributed by atoms with Crippen LogP contribution in [0.3, 0.4) is 0 Å². The molecule has 1 unspecified atom stereocenters. The van der Waals surface area contributed by atoms with Gasteiger partial charge in [0.2, 0.25) is 5.91 Å². The molecular formula is C11H15FN2O3S. The Balaban J connectivity index is 3.17. The van der Waals surface area contributed by atoms with Gasteiger partial charge >= 0.3 is 0 Å². The Bertz CT molecular complexity index is 537. The van der Waals surface area contributed by atoms with E-state index in [9.17, 15) is 17.6 Å². The molecular weight excluding hydrogens is 259 g/mol. The Labute approximate surface area is 105 Å². The minimum absolute atomic E-state index is 0.00308. The van der Waals surface area contributed by atoms with Crippen molar-refractivity contribution in [2.45, 2.75) is 24.0 Å².